The van der Waals surface area contributed by atoms with Gasteiger partial charge in [0.15, 0.2) is 0 Å². The molecule has 0 aromatic rings. The Kier molecular flexibility index (Phi) is 6.38. The molecule has 0 rings (SSSR count). The highest BCUT2D eigenvalue weighted by molar-refractivity contribution is 5.58. The predicted octanol–water partition coefficient (Wildman–Crippen LogP) is 4.06. The molecule has 0 amide bonds. The topological polar surface area (TPSA) is 12.4 Å². The molecule has 0 aromatic heterocycles. The first kappa shape index (κ1) is 12.6. The average Bonchev–Trinajstić information content (AvgIpc) is 2.22. The molecule has 0 spiro atoms. The van der Waals surface area contributed by atoms with E-state index in [1.165, 1.54) is 5.57 Å². The molecular formula is C13H19N. The largest absolute Gasteiger partial charge is 0.261 e. The normalized spacial score (nSPS) is 15.0. The first-order chi connectivity index (χ1) is 6.69. The molecule has 0 bridgehead atoms. The summed E-state index contributed by atoms with van der Waals surface area (Å²) in [7, 11) is 0. The van der Waals surface area contributed by atoms with E-state index in [0.29, 0.717) is 0 Å². The molecule has 0 unspecified atom stereocenters. The van der Waals surface area contributed by atoms with Crippen LogP contribution >= 0.6 is 0 Å². The molecule has 76 valence electrons. The summed E-state index contributed by atoms with van der Waals surface area (Å²) in [6, 6.07) is 0. The van der Waals surface area contributed by atoms with Gasteiger partial charge in [0, 0.05) is 6.21 Å². The Bertz CT molecular complexity index is 301. The maximum atomic E-state index is 4.27. The molecule has 0 aliphatic heterocycles. The lowest BCUT2D eigenvalue weighted by Gasteiger charge is -2.02. The minimum absolute atomic E-state index is 0.962. The maximum Gasteiger partial charge on any atom is 0.0655 e. The van der Waals surface area contributed by atoms with Crippen molar-refractivity contribution >= 4 is 6.21 Å². The van der Waals surface area contributed by atoms with Crippen LogP contribution in [0, 0.1) is 0 Å². The van der Waals surface area contributed by atoms with Crippen molar-refractivity contribution in [2.45, 2.75) is 27.7 Å². The van der Waals surface area contributed by atoms with Gasteiger partial charge in [-0.15, -0.1) is 0 Å². The first-order valence-corrected chi connectivity index (χ1v) is 4.82. The number of nitrogens with zero attached hydrogens (tertiary/aromatic N) is 1. The summed E-state index contributed by atoms with van der Waals surface area (Å²) in [5, 5.41) is 0. The maximum absolute atomic E-state index is 4.27. The van der Waals surface area contributed by atoms with Crippen molar-refractivity contribution < 1.29 is 0 Å². The lowest BCUT2D eigenvalue weighted by Crippen LogP contribution is -1.84. The van der Waals surface area contributed by atoms with E-state index < -0.39 is 0 Å². The minimum Gasteiger partial charge on any atom is -0.261 e. The van der Waals surface area contributed by atoms with E-state index in [0.717, 1.165) is 11.3 Å². The van der Waals surface area contributed by atoms with Crippen LogP contribution in [0.1, 0.15) is 27.7 Å². The molecule has 0 aliphatic rings. The van der Waals surface area contributed by atoms with Gasteiger partial charge in [0.05, 0.1) is 5.70 Å². The van der Waals surface area contributed by atoms with Crippen molar-refractivity contribution in [2.24, 2.45) is 4.99 Å². The highest BCUT2D eigenvalue weighted by Gasteiger charge is 1.97. The van der Waals surface area contributed by atoms with E-state index >= 15 is 0 Å². The molecule has 0 radical (unpaired) electrons. The van der Waals surface area contributed by atoms with Crippen molar-refractivity contribution in [3.8, 4) is 0 Å². The van der Waals surface area contributed by atoms with Crippen LogP contribution in [0.3, 0.4) is 0 Å². The zero-order valence-corrected chi connectivity index (χ0v) is 9.54. The van der Waals surface area contributed by atoms with Crippen molar-refractivity contribution in [3.05, 3.63) is 47.7 Å². The first-order valence-electron chi connectivity index (χ1n) is 4.82. The predicted molar refractivity (Wildman–Crippen MR) is 65.6 cm³/mol. The number of allylic oxidation sites excluding steroid dienone is 5. The van der Waals surface area contributed by atoms with Gasteiger partial charge in [-0.1, -0.05) is 36.5 Å². The number of rotatable bonds is 4. The smallest absolute Gasteiger partial charge is 0.0655 e. The second-order valence-electron chi connectivity index (χ2n) is 2.90. The Morgan fingerprint density at radius 1 is 1.14 bits per heavy atom. The summed E-state index contributed by atoms with van der Waals surface area (Å²) in [6.45, 7) is 11.8. The molecule has 0 aromatic carbocycles. The Labute approximate surface area is 87.3 Å². The van der Waals surface area contributed by atoms with E-state index in [-0.39, 0.29) is 0 Å². The molecule has 0 aliphatic carbocycles. The van der Waals surface area contributed by atoms with Gasteiger partial charge >= 0.3 is 0 Å². The number of hydrogen-bond acceptors (Lipinski definition) is 1. The molecule has 0 heterocycles. The quantitative estimate of drug-likeness (QED) is 0.467. The molecule has 0 fully saturated rings. The van der Waals surface area contributed by atoms with Gasteiger partial charge in [-0.3, -0.25) is 4.99 Å². The lowest BCUT2D eigenvalue weighted by atomic mass is 10.1. The van der Waals surface area contributed by atoms with Crippen molar-refractivity contribution in [2.75, 3.05) is 0 Å². The third kappa shape index (κ3) is 4.04. The monoisotopic (exact) mass is 189 g/mol. The summed E-state index contributed by atoms with van der Waals surface area (Å²) in [5.74, 6) is 0. The summed E-state index contributed by atoms with van der Waals surface area (Å²) in [6.07, 6.45) is 9.74. The second kappa shape index (κ2) is 7.07. The molecule has 14 heavy (non-hydrogen) atoms. The van der Waals surface area contributed by atoms with Gasteiger partial charge < -0.3 is 0 Å². The zero-order chi connectivity index (χ0) is 11.0. The van der Waals surface area contributed by atoms with Crippen LogP contribution in [0.2, 0.25) is 0 Å². The van der Waals surface area contributed by atoms with Crippen LogP contribution in [0.5, 0.6) is 0 Å². The van der Waals surface area contributed by atoms with Crippen molar-refractivity contribution in [1.82, 2.24) is 0 Å². The van der Waals surface area contributed by atoms with Crippen LogP contribution in [0.25, 0.3) is 0 Å². The molecular weight excluding hydrogens is 170 g/mol. The molecule has 1 heteroatoms. The van der Waals surface area contributed by atoms with Crippen LogP contribution in [-0.4, -0.2) is 6.21 Å². The fraction of sp³-hybridized carbons (Fsp3) is 0.308. The summed E-state index contributed by atoms with van der Waals surface area (Å²) >= 11 is 0. The Hall–Kier alpha value is -1.37. The van der Waals surface area contributed by atoms with Gasteiger partial charge in [-0.2, -0.15) is 0 Å². The van der Waals surface area contributed by atoms with Crippen LogP contribution in [-0.2, 0) is 0 Å². The molecule has 0 atom stereocenters. The zero-order valence-electron chi connectivity index (χ0n) is 9.54. The van der Waals surface area contributed by atoms with Crippen LogP contribution < -0.4 is 0 Å². The van der Waals surface area contributed by atoms with Crippen molar-refractivity contribution in [3.63, 3.8) is 0 Å². The van der Waals surface area contributed by atoms with E-state index in [2.05, 4.69) is 30.6 Å². The Balaban J connectivity index is 5.07. The fourth-order valence-electron chi connectivity index (χ4n) is 1.02. The number of hydrogen-bond donors (Lipinski definition) is 0. The van der Waals surface area contributed by atoms with E-state index in [4.69, 9.17) is 0 Å². The van der Waals surface area contributed by atoms with E-state index in [1.54, 1.807) is 6.21 Å². The Morgan fingerprint density at radius 3 is 2.14 bits per heavy atom. The fourth-order valence-corrected chi connectivity index (χ4v) is 1.02. The van der Waals surface area contributed by atoms with Gasteiger partial charge in [0.1, 0.15) is 0 Å². The van der Waals surface area contributed by atoms with Gasteiger partial charge in [-0.05, 0) is 33.3 Å². The van der Waals surface area contributed by atoms with Gasteiger partial charge in [0.2, 0.25) is 0 Å². The summed E-state index contributed by atoms with van der Waals surface area (Å²) in [5.41, 5.74) is 3.23. The minimum atomic E-state index is 0.962. The lowest BCUT2D eigenvalue weighted by molar-refractivity contribution is 1.31. The second-order valence-corrected chi connectivity index (χ2v) is 2.90. The average molecular weight is 189 g/mol. The highest BCUT2D eigenvalue weighted by atomic mass is 14.7. The van der Waals surface area contributed by atoms with Gasteiger partial charge in [0.25, 0.3) is 0 Å². The van der Waals surface area contributed by atoms with Crippen molar-refractivity contribution in [1.29, 1.82) is 0 Å². The van der Waals surface area contributed by atoms with Gasteiger partial charge in [-0.25, -0.2) is 0 Å². The molecule has 1 nitrogen and oxygen atoms in total. The van der Waals surface area contributed by atoms with Crippen LogP contribution in [0.4, 0.5) is 0 Å². The summed E-state index contributed by atoms with van der Waals surface area (Å²) < 4.78 is 0. The third-order valence-electron chi connectivity index (χ3n) is 1.90. The SMILES string of the molecule is C=CC(=C/C(C)=C\C)/C(=C\C)N=CC. The van der Waals surface area contributed by atoms with E-state index in [9.17, 15) is 0 Å². The highest BCUT2D eigenvalue weighted by Crippen LogP contribution is 2.14. The van der Waals surface area contributed by atoms with Crippen LogP contribution in [0.15, 0.2) is 52.7 Å². The van der Waals surface area contributed by atoms with E-state index in [1.807, 2.05) is 32.9 Å². The number of aliphatic imine (C=N–C) groups is 1. The molecule has 0 saturated carbocycles. The standard InChI is InChI=1S/C13H19N/c1-6-11(5)10-12(7-2)13(8-3)14-9-4/h6-10H,2H2,1,3-5H3/b11-6-,12-10-,13-8+,14-9?. The third-order valence-corrected chi connectivity index (χ3v) is 1.90. The summed E-state index contributed by atoms with van der Waals surface area (Å²) in [4.78, 5) is 4.27. The Morgan fingerprint density at radius 2 is 1.79 bits per heavy atom. The molecule has 0 saturated heterocycles. The molecule has 0 N–H and O–H groups in total.